The van der Waals surface area contributed by atoms with E-state index in [-0.39, 0.29) is 30.8 Å². The number of ether oxygens (including phenoxy) is 2. The summed E-state index contributed by atoms with van der Waals surface area (Å²) in [6, 6.07) is 8.83. The summed E-state index contributed by atoms with van der Waals surface area (Å²) in [7, 11) is 0. The Hall–Kier alpha value is -3.65. The molecule has 8 heteroatoms. The Bertz CT molecular complexity index is 1380. The number of nitrogens with zero attached hydrogens (tertiary/aromatic N) is 1. The first-order valence-corrected chi connectivity index (χ1v) is 12.9. The summed E-state index contributed by atoms with van der Waals surface area (Å²) < 4.78 is 26.8. The maximum Gasteiger partial charge on any atom is 0.304 e. The van der Waals surface area contributed by atoms with E-state index in [1.54, 1.807) is 26.1 Å². The fourth-order valence-corrected chi connectivity index (χ4v) is 5.58. The lowest BCUT2D eigenvalue weighted by molar-refractivity contribution is -0.137. The van der Waals surface area contributed by atoms with Crippen molar-refractivity contribution in [1.29, 1.82) is 0 Å². The third-order valence-corrected chi connectivity index (χ3v) is 7.22. The second-order valence-corrected chi connectivity index (χ2v) is 11.0. The molecule has 7 nitrogen and oxygen atoms in total. The quantitative estimate of drug-likeness (QED) is 0.350. The fourth-order valence-electron chi connectivity index (χ4n) is 5.58. The number of aryl methyl sites for hydroxylation is 2. The van der Waals surface area contributed by atoms with Crippen molar-refractivity contribution in [3.05, 3.63) is 70.2 Å². The van der Waals surface area contributed by atoms with Crippen molar-refractivity contribution < 1.29 is 28.9 Å². The maximum absolute atomic E-state index is 15.2. The Kier molecular flexibility index (Phi) is 6.77. The van der Waals surface area contributed by atoms with Crippen LogP contribution in [0.1, 0.15) is 66.5 Å². The lowest BCUT2D eigenvalue weighted by Gasteiger charge is -2.21. The topological polar surface area (TPSA) is 101 Å². The molecule has 1 aliphatic heterocycles. The number of aliphatic hydroxyl groups is 1. The molecule has 1 aliphatic carbocycles. The van der Waals surface area contributed by atoms with Crippen molar-refractivity contribution in [2.45, 2.75) is 64.5 Å². The highest BCUT2D eigenvalue weighted by molar-refractivity contribution is 5.77. The van der Waals surface area contributed by atoms with Crippen LogP contribution in [0.4, 0.5) is 10.2 Å². The summed E-state index contributed by atoms with van der Waals surface area (Å²) in [6.45, 7) is 7.95. The molecule has 0 fully saturated rings. The zero-order valence-electron chi connectivity index (χ0n) is 22.1. The minimum Gasteiger partial charge on any atom is -0.492 e. The van der Waals surface area contributed by atoms with Crippen molar-refractivity contribution in [3.63, 3.8) is 0 Å². The van der Waals surface area contributed by atoms with Gasteiger partial charge in [0.05, 0.1) is 24.7 Å². The minimum absolute atomic E-state index is 0.00317. The predicted octanol–water partition coefficient (Wildman–Crippen LogP) is 5.70. The number of fused-ring (bicyclic) bond motifs is 2. The Morgan fingerprint density at radius 1 is 1.24 bits per heavy atom. The normalized spacial score (nSPS) is 18.1. The lowest BCUT2D eigenvalue weighted by Crippen LogP contribution is -2.27. The van der Waals surface area contributed by atoms with Crippen LogP contribution in [0.3, 0.4) is 0 Å². The largest absolute Gasteiger partial charge is 0.492 e. The molecular weight excluding hydrogens is 487 g/mol. The van der Waals surface area contributed by atoms with Gasteiger partial charge >= 0.3 is 5.97 Å². The zero-order chi connectivity index (χ0) is 27.2. The van der Waals surface area contributed by atoms with Gasteiger partial charge in [0, 0.05) is 29.3 Å². The fraction of sp³-hybridized carbons (Fsp3) is 0.400. The first kappa shape index (κ1) is 26.0. The lowest BCUT2D eigenvalue weighted by atomic mass is 9.90. The van der Waals surface area contributed by atoms with Gasteiger partial charge in [-0.05, 0) is 86.6 Å². The van der Waals surface area contributed by atoms with Crippen molar-refractivity contribution in [2.24, 2.45) is 0 Å². The molecular formula is C30H33FN2O5. The molecule has 3 aromatic rings. The number of nitrogens with one attached hydrogen (secondary N) is 1. The molecule has 0 bridgehead atoms. The summed E-state index contributed by atoms with van der Waals surface area (Å²) in [6.07, 6.45) is 3.10. The van der Waals surface area contributed by atoms with E-state index in [0.29, 0.717) is 29.5 Å². The van der Waals surface area contributed by atoms with E-state index in [1.165, 1.54) is 6.07 Å². The zero-order valence-corrected chi connectivity index (χ0v) is 22.1. The number of rotatable bonds is 8. The SMILES string of the molecule is Cc1cc(OCC(C)(C)O)cc(C)c1-c1ccc(F)c2c1CC[C@H]2Nc1cc2c(cn1)C(CC(=O)O)CO2. The van der Waals surface area contributed by atoms with E-state index in [2.05, 4.69) is 10.3 Å². The van der Waals surface area contributed by atoms with E-state index in [0.717, 1.165) is 46.2 Å². The molecule has 1 unspecified atom stereocenters. The van der Waals surface area contributed by atoms with Gasteiger partial charge in [0.15, 0.2) is 0 Å². The number of hydrogen-bond donors (Lipinski definition) is 3. The molecule has 38 heavy (non-hydrogen) atoms. The van der Waals surface area contributed by atoms with E-state index in [4.69, 9.17) is 14.6 Å². The highest BCUT2D eigenvalue weighted by Crippen LogP contribution is 2.44. The van der Waals surface area contributed by atoms with Crippen molar-refractivity contribution in [1.82, 2.24) is 4.98 Å². The monoisotopic (exact) mass is 520 g/mol. The number of aromatic nitrogens is 1. The second-order valence-electron chi connectivity index (χ2n) is 11.0. The van der Waals surface area contributed by atoms with Crippen LogP contribution in [0.15, 0.2) is 36.5 Å². The van der Waals surface area contributed by atoms with Gasteiger partial charge in [-0.15, -0.1) is 0 Å². The molecule has 3 N–H and O–H groups in total. The number of carbonyl (C=O) groups is 1. The molecule has 1 aromatic heterocycles. The summed E-state index contributed by atoms with van der Waals surface area (Å²) in [5.74, 6) is 0.555. The highest BCUT2D eigenvalue weighted by atomic mass is 19.1. The van der Waals surface area contributed by atoms with Crippen LogP contribution in [0.5, 0.6) is 11.5 Å². The Labute approximate surface area is 221 Å². The number of aliphatic carboxylic acids is 1. The molecule has 2 heterocycles. The number of halogens is 1. The van der Waals surface area contributed by atoms with Crippen molar-refractivity contribution in [2.75, 3.05) is 18.5 Å². The molecule has 0 amide bonds. The standard InChI is InChI=1S/C30H33FN2O5/c1-16-9-19(38-15-30(3,4)36)10-17(2)28(16)20-5-7-23(31)29-21(20)6-8-24(29)33-26-12-25-22(13-32-26)18(14-37-25)11-27(34)35/h5,7,9-10,12-13,18,24,36H,6,8,11,14-15H2,1-4H3,(H,32,33)(H,34,35)/t18?,24-/m1/s1. The van der Waals surface area contributed by atoms with Crippen molar-refractivity contribution in [3.8, 4) is 22.6 Å². The van der Waals surface area contributed by atoms with E-state index < -0.39 is 11.6 Å². The third kappa shape index (κ3) is 5.18. The number of carboxylic acid groups (broad SMARTS) is 1. The molecule has 5 rings (SSSR count). The van der Waals surface area contributed by atoms with E-state index >= 15 is 4.39 Å². The third-order valence-electron chi connectivity index (χ3n) is 7.22. The summed E-state index contributed by atoms with van der Waals surface area (Å²) in [5.41, 5.74) is 5.61. The average Bonchev–Trinajstić information content (AvgIpc) is 3.43. The molecule has 200 valence electrons. The van der Waals surface area contributed by atoms with E-state index in [9.17, 15) is 9.90 Å². The van der Waals surface area contributed by atoms with Gasteiger partial charge in [0.25, 0.3) is 0 Å². The molecule has 2 aromatic carbocycles. The minimum atomic E-state index is -0.930. The van der Waals surface area contributed by atoms with E-state index in [1.807, 2.05) is 32.0 Å². The molecule has 0 spiro atoms. The summed E-state index contributed by atoms with van der Waals surface area (Å²) >= 11 is 0. The van der Waals surface area contributed by atoms with Crippen molar-refractivity contribution >= 4 is 11.8 Å². The number of hydrogen-bond acceptors (Lipinski definition) is 6. The number of pyridine rings is 1. The van der Waals surface area contributed by atoms with Gasteiger partial charge in [-0.1, -0.05) is 6.07 Å². The maximum atomic E-state index is 15.2. The van der Waals surface area contributed by atoms with Crippen LogP contribution < -0.4 is 14.8 Å². The van der Waals surface area contributed by atoms with Crippen LogP contribution in [-0.2, 0) is 11.2 Å². The van der Waals surface area contributed by atoms with Gasteiger partial charge in [-0.25, -0.2) is 9.37 Å². The van der Waals surface area contributed by atoms with Gasteiger partial charge in [0.1, 0.15) is 29.7 Å². The second kappa shape index (κ2) is 9.91. The molecule has 0 radical (unpaired) electrons. The van der Waals surface area contributed by atoms with Crippen LogP contribution in [0.2, 0.25) is 0 Å². The highest BCUT2D eigenvalue weighted by Gasteiger charge is 2.31. The van der Waals surface area contributed by atoms with Gasteiger partial charge in [0.2, 0.25) is 0 Å². The first-order valence-electron chi connectivity index (χ1n) is 12.9. The Morgan fingerprint density at radius 2 is 1.97 bits per heavy atom. The predicted molar refractivity (Wildman–Crippen MR) is 143 cm³/mol. The smallest absolute Gasteiger partial charge is 0.304 e. The average molecular weight is 521 g/mol. The number of carboxylic acids is 1. The first-order chi connectivity index (χ1) is 18.0. The summed E-state index contributed by atoms with van der Waals surface area (Å²) in [5, 5.41) is 22.5. The molecule has 2 atom stereocenters. The molecule has 0 saturated carbocycles. The summed E-state index contributed by atoms with van der Waals surface area (Å²) in [4.78, 5) is 15.6. The Morgan fingerprint density at radius 3 is 2.66 bits per heavy atom. The van der Waals surface area contributed by atoms with Crippen LogP contribution in [0, 0.1) is 19.7 Å². The number of anilines is 1. The van der Waals surface area contributed by atoms with Gasteiger partial charge in [-0.3, -0.25) is 4.79 Å². The Balaban J connectivity index is 1.41. The van der Waals surface area contributed by atoms with Gasteiger partial charge in [-0.2, -0.15) is 0 Å². The van der Waals surface area contributed by atoms with Crippen LogP contribution >= 0.6 is 0 Å². The van der Waals surface area contributed by atoms with Crippen LogP contribution in [0.25, 0.3) is 11.1 Å². The molecule has 0 saturated heterocycles. The molecule has 2 aliphatic rings. The van der Waals surface area contributed by atoms with Crippen LogP contribution in [-0.4, -0.2) is 40.0 Å². The number of benzene rings is 2. The van der Waals surface area contributed by atoms with Gasteiger partial charge < -0.3 is 25.0 Å².